The zero-order chi connectivity index (χ0) is 14.4. The van der Waals surface area contributed by atoms with Crippen LogP contribution in [0.2, 0.25) is 0 Å². The predicted octanol–water partition coefficient (Wildman–Crippen LogP) is 4.33. The van der Waals surface area contributed by atoms with Crippen LogP contribution in [0.1, 0.15) is 84.5 Å². The SMILES string of the molecule is CCC(C)C(N)CN(C1CCCCC1)C1CCCCC1. The van der Waals surface area contributed by atoms with E-state index in [1.807, 2.05) is 0 Å². The molecule has 2 rings (SSSR count). The monoisotopic (exact) mass is 280 g/mol. The maximum Gasteiger partial charge on any atom is 0.0193 e. The highest BCUT2D eigenvalue weighted by Crippen LogP contribution is 2.30. The molecule has 2 aliphatic rings. The van der Waals surface area contributed by atoms with Crippen molar-refractivity contribution in [3.63, 3.8) is 0 Å². The third-order valence-electron chi connectivity index (χ3n) is 5.88. The lowest BCUT2D eigenvalue weighted by molar-refractivity contribution is 0.0683. The second kappa shape index (κ2) is 8.38. The molecule has 0 bridgehead atoms. The molecule has 2 nitrogen and oxygen atoms in total. The van der Waals surface area contributed by atoms with Crippen molar-refractivity contribution < 1.29 is 0 Å². The Bertz CT molecular complexity index is 236. The van der Waals surface area contributed by atoms with Crippen molar-refractivity contribution in [3.8, 4) is 0 Å². The van der Waals surface area contributed by atoms with E-state index in [2.05, 4.69) is 18.7 Å². The average Bonchev–Trinajstić information content (AvgIpc) is 2.53. The lowest BCUT2D eigenvalue weighted by Crippen LogP contribution is -2.51. The van der Waals surface area contributed by atoms with E-state index in [0.717, 1.165) is 18.6 Å². The summed E-state index contributed by atoms with van der Waals surface area (Å²) >= 11 is 0. The quantitative estimate of drug-likeness (QED) is 0.785. The molecule has 2 saturated carbocycles. The van der Waals surface area contributed by atoms with Crippen molar-refractivity contribution in [1.82, 2.24) is 4.90 Å². The fourth-order valence-corrected chi connectivity index (χ4v) is 4.15. The molecule has 0 radical (unpaired) electrons. The van der Waals surface area contributed by atoms with Gasteiger partial charge in [0.05, 0.1) is 0 Å². The summed E-state index contributed by atoms with van der Waals surface area (Å²) in [5.41, 5.74) is 6.50. The summed E-state index contributed by atoms with van der Waals surface area (Å²) < 4.78 is 0. The lowest BCUT2D eigenvalue weighted by atomic mass is 9.87. The van der Waals surface area contributed by atoms with Gasteiger partial charge in [0.25, 0.3) is 0 Å². The third-order valence-corrected chi connectivity index (χ3v) is 5.88. The Morgan fingerprint density at radius 2 is 1.35 bits per heavy atom. The molecule has 0 aromatic heterocycles. The van der Waals surface area contributed by atoms with Gasteiger partial charge in [-0.05, 0) is 31.6 Å². The van der Waals surface area contributed by atoms with E-state index in [0.29, 0.717) is 12.0 Å². The topological polar surface area (TPSA) is 29.3 Å². The summed E-state index contributed by atoms with van der Waals surface area (Å²) in [6.45, 7) is 5.74. The lowest BCUT2D eigenvalue weighted by Gasteiger charge is -2.43. The maximum atomic E-state index is 6.50. The van der Waals surface area contributed by atoms with E-state index in [4.69, 9.17) is 5.73 Å². The van der Waals surface area contributed by atoms with Gasteiger partial charge >= 0.3 is 0 Å². The van der Waals surface area contributed by atoms with Crippen molar-refractivity contribution in [3.05, 3.63) is 0 Å². The van der Waals surface area contributed by atoms with E-state index in [1.165, 1.54) is 70.6 Å². The van der Waals surface area contributed by atoms with Crippen LogP contribution in [-0.4, -0.2) is 29.6 Å². The first-order valence-electron chi connectivity index (χ1n) is 9.23. The first-order valence-corrected chi connectivity index (χ1v) is 9.23. The van der Waals surface area contributed by atoms with Gasteiger partial charge in [-0.25, -0.2) is 0 Å². The Kier molecular flexibility index (Phi) is 6.83. The van der Waals surface area contributed by atoms with Crippen LogP contribution in [0.5, 0.6) is 0 Å². The summed E-state index contributed by atoms with van der Waals surface area (Å²) in [7, 11) is 0. The summed E-state index contributed by atoms with van der Waals surface area (Å²) in [4.78, 5) is 2.86. The minimum atomic E-state index is 0.365. The third kappa shape index (κ3) is 4.46. The summed E-state index contributed by atoms with van der Waals surface area (Å²) in [5.74, 6) is 0.657. The fraction of sp³-hybridized carbons (Fsp3) is 1.00. The molecule has 0 heterocycles. The molecule has 0 saturated heterocycles. The van der Waals surface area contributed by atoms with Gasteiger partial charge in [0.2, 0.25) is 0 Å². The molecule has 20 heavy (non-hydrogen) atoms. The van der Waals surface area contributed by atoms with Gasteiger partial charge in [-0.2, -0.15) is 0 Å². The van der Waals surface area contributed by atoms with Gasteiger partial charge < -0.3 is 5.73 Å². The van der Waals surface area contributed by atoms with Gasteiger partial charge in [0.15, 0.2) is 0 Å². The Hall–Kier alpha value is -0.0800. The Morgan fingerprint density at radius 1 is 0.900 bits per heavy atom. The molecule has 2 aliphatic carbocycles. The molecule has 0 spiro atoms. The highest BCUT2D eigenvalue weighted by atomic mass is 15.2. The highest BCUT2D eigenvalue weighted by molar-refractivity contribution is 4.87. The van der Waals surface area contributed by atoms with E-state index in [9.17, 15) is 0 Å². The van der Waals surface area contributed by atoms with Crippen LogP contribution < -0.4 is 5.73 Å². The molecule has 118 valence electrons. The van der Waals surface area contributed by atoms with Crippen LogP contribution in [0, 0.1) is 5.92 Å². The van der Waals surface area contributed by atoms with E-state index in [1.54, 1.807) is 0 Å². The summed E-state index contributed by atoms with van der Waals surface area (Å²) in [5, 5.41) is 0. The molecule has 0 aliphatic heterocycles. The normalized spacial score (nSPS) is 25.8. The zero-order valence-corrected chi connectivity index (χ0v) is 13.8. The molecule has 2 heteroatoms. The smallest absolute Gasteiger partial charge is 0.0193 e. The second-order valence-corrected chi connectivity index (χ2v) is 7.33. The van der Waals surface area contributed by atoms with Gasteiger partial charge in [0.1, 0.15) is 0 Å². The molecule has 0 aromatic rings. The van der Waals surface area contributed by atoms with Crippen molar-refractivity contribution in [2.45, 2.75) is 103 Å². The number of hydrogen-bond acceptors (Lipinski definition) is 2. The van der Waals surface area contributed by atoms with Gasteiger partial charge in [-0.15, -0.1) is 0 Å². The van der Waals surface area contributed by atoms with E-state index >= 15 is 0 Å². The number of nitrogens with zero attached hydrogens (tertiary/aromatic N) is 1. The van der Waals surface area contributed by atoms with E-state index in [-0.39, 0.29) is 0 Å². The standard InChI is InChI=1S/C18H36N2/c1-3-15(2)18(19)14-20(16-10-6-4-7-11-16)17-12-8-5-9-13-17/h15-18H,3-14,19H2,1-2H3. The minimum absolute atomic E-state index is 0.365. The first kappa shape index (κ1) is 16.3. The van der Waals surface area contributed by atoms with Crippen molar-refractivity contribution in [2.24, 2.45) is 11.7 Å². The largest absolute Gasteiger partial charge is 0.326 e. The number of rotatable bonds is 6. The summed E-state index contributed by atoms with van der Waals surface area (Å²) in [6, 6.07) is 2.03. The molecular formula is C18H36N2. The maximum absolute atomic E-state index is 6.50. The Morgan fingerprint density at radius 3 is 1.75 bits per heavy atom. The molecule has 2 fully saturated rings. The molecular weight excluding hydrogens is 244 g/mol. The molecule has 0 aromatic carbocycles. The molecule has 2 atom stereocenters. The first-order chi connectivity index (χ1) is 9.72. The Balaban J connectivity index is 1.98. The summed E-state index contributed by atoms with van der Waals surface area (Å²) in [6.07, 6.45) is 15.5. The van der Waals surface area contributed by atoms with Crippen LogP contribution in [0.4, 0.5) is 0 Å². The predicted molar refractivity (Wildman–Crippen MR) is 87.9 cm³/mol. The molecule has 0 amide bonds. The average molecular weight is 280 g/mol. The number of nitrogens with two attached hydrogens (primary N) is 1. The van der Waals surface area contributed by atoms with Crippen molar-refractivity contribution in [1.29, 1.82) is 0 Å². The van der Waals surface area contributed by atoms with Crippen LogP contribution in [-0.2, 0) is 0 Å². The van der Waals surface area contributed by atoms with Gasteiger partial charge in [-0.1, -0.05) is 58.8 Å². The number of hydrogen-bond donors (Lipinski definition) is 1. The highest BCUT2D eigenvalue weighted by Gasteiger charge is 2.30. The van der Waals surface area contributed by atoms with Crippen LogP contribution in [0.3, 0.4) is 0 Å². The van der Waals surface area contributed by atoms with Crippen molar-refractivity contribution >= 4 is 0 Å². The molecule has 2 N–H and O–H groups in total. The van der Waals surface area contributed by atoms with Crippen LogP contribution in [0.25, 0.3) is 0 Å². The fourth-order valence-electron chi connectivity index (χ4n) is 4.15. The van der Waals surface area contributed by atoms with Crippen molar-refractivity contribution in [2.75, 3.05) is 6.54 Å². The van der Waals surface area contributed by atoms with E-state index < -0.39 is 0 Å². The Labute approximate surface area is 126 Å². The molecule has 2 unspecified atom stereocenters. The van der Waals surface area contributed by atoms with Gasteiger partial charge in [0, 0.05) is 24.7 Å². The van der Waals surface area contributed by atoms with Crippen LogP contribution >= 0.6 is 0 Å². The second-order valence-electron chi connectivity index (χ2n) is 7.33. The van der Waals surface area contributed by atoms with Gasteiger partial charge in [-0.3, -0.25) is 4.90 Å². The zero-order valence-electron chi connectivity index (χ0n) is 13.8. The minimum Gasteiger partial charge on any atom is -0.326 e. The van der Waals surface area contributed by atoms with Crippen LogP contribution in [0.15, 0.2) is 0 Å².